The molecule has 0 radical (unpaired) electrons. The van der Waals surface area contributed by atoms with Crippen LogP contribution in [0.1, 0.15) is 17.3 Å². The summed E-state index contributed by atoms with van der Waals surface area (Å²) in [6, 6.07) is 3.83. The van der Waals surface area contributed by atoms with Crippen molar-refractivity contribution in [1.29, 1.82) is 0 Å². The molecule has 0 aliphatic rings. The van der Waals surface area contributed by atoms with E-state index in [1.165, 1.54) is 25.3 Å². The van der Waals surface area contributed by atoms with Gasteiger partial charge in [-0.2, -0.15) is 0 Å². The maximum Gasteiger partial charge on any atom is 0.311 e. The molecule has 1 aromatic carbocycles. The zero-order valence-electron chi connectivity index (χ0n) is 10.2. The van der Waals surface area contributed by atoms with Crippen LogP contribution in [0.25, 0.3) is 0 Å². The van der Waals surface area contributed by atoms with Gasteiger partial charge in [0, 0.05) is 24.2 Å². The molecule has 1 unspecified atom stereocenters. The third kappa shape index (κ3) is 3.17. The smallest absolute Gasteiger partial charge is 0.311 e. The third-order valence-electron chi connectivity index (χ3n) is 2.37. The highest BCUT2D eigenvalue weighted by atomic mass is 16.6. The molecular weight excluding hydrogens is 238 g/mol. The number of benzene rings is 1. The molecule has 0 aliphatic heterocycles. The number of hydrogen-bond acceptors (Lipinski definition) is 5. The molecule has 98 valence electrons. The molecule has 3 N–H and O–H groups in total. The van der Waals surface area contributed by atoms with Gasteiger partial charge in [0.05, 0.1) is 12.0 Å². The number of hydrogen-bond donors (Lipinski definition) is 2. The maximum absolute atomic E-state index is 11.8. The van der Waals surface area contributed by atoms with Gasteiger partial charge in [-0.05, 0) is 19.1 Å². The first-order chi connectivity index (χ1) is 8.49. The SMILES string of the molecule is COc1ccc(C(=O)NC(C)CN)cc1[N+](=O)[O-]. The maximum atomic E-state index is 11.8. The molecule has 0 aromatic heterocycles. The number of amides is 1. The standard InChI is InChI=1S/C11H15N3O4/c1-7(6-12)13-11(15)8-3-4-10(18-2)9(5-8)14(16)17/h3-5,7H,6,12H2,1-2H3,(H,13,15). The van der Waals surface area contributed by atoms with Gasteiger partial charge in [0.15, 0.2) is 5.75 Å². The first-order valence-electron chi connectivity index (χ1n) is 5.33. The molecule has 0 spiro atoms. The average molecular weight is 253 g/mol. The molecule has 18 heavy (non-hydrogen) atoms. The van der Waals surface area contributed by atoms with Crippen LogP contribution < -0.4 is 15.8 Å². The Labute approximate surface area is 104 Å². The second kappa shape index (κ2) is 5.97. The van der Waals surface area contributed by atoms with E-state index in [4.69, 9.17) is 10.5 Å². The molecule has 0 fully saturated rings. The number of ether oxygens (including phenoxy) is 1. The largest absolute Gasteiger partial charge is 0.490 e. The quantitative estimate of drug-likeness (QED) is 0.592. The Morgan fingerprint density at radius 1 is 1.61 bits per heavy atom. The Hall–Kier alpha value is -2.15. The number of rotatable bonds is 5. The second-order valence-electron chi connectivity index (χ2n) is 3.75. The second-order valence-corrected chi connectivity index (χ2v) is 3.75. The van der Waals surface area contributed by atoms with E-state index >= 15 is 0 Å². The molecule has 0 aliphatic carbocycles. The number of methoxy groups -OCH3 is 1. The molecule has 0 saturated heterocycles. The van der Waals surface area contributed by atoms with E-state index in [1.54, 1.807) is 6.92 Å². The highest BCUT2D eigenvalue weighted by molar-refractivity contribution is 5.95. The predicted octanol–water partition coefficient (Wildman–Crippen LogP) is 0.680. The minimum Gasteiger partial charge on any atom is -0.490 e. The minimum absolute atomic E-state index is 0.114. The molecule has 1 aromatic rings. The Bertz CT molecular complexity index is 462. The van der Waals surface area contributed by atoms with E-state index < -0.39 is 10.8 Å². The van der Waals surface area contributed by atoms with Crippen LogP contribution in [0.5, 0.6) is 5.75 Å². The summed E-state index contributed by atoms with van der Waals surface area (Å²) in [5.41, 5.74) is 5.33. The Morgan fingerprint density at radius 2 is 2.28 bits per heavy atom. The van der Waals surface area contributed by atoms with Crippen LogP contribution in [0.4, 0.5) is 5.69 Å². The van der Waals surface area contributed by atoms with Gasteiger partial charge in [0.25, 0.3) is 5.91 Å². The third-order valence-corrected chi connectivity index (χ3v) is 2.37. The fourth-order valence-corrected chi connectivity index (χ4v) is 1.34. The molecule has 0 heterocycles. The van der Waals surface area contributed by atoms with Crippen molar-refractivity contribution in [2.45, 2.75) is 13.0 Å². The summed E-state index contributed by atoms with van der Waals surface area (Å²) < 4.78 is 4.85. The first kappa shape index (κ1) is 13.9. The van der Waals surface area contributed by atoms with E-state index in [1.807, 2.05) is 0 Å². The summed E-state index contributed by atoms with van der Waals surface area (Å²) in [5.74, 6) is -0.290. The Morgan fingerprint density at radius 3 is 2.78 bits per heavy atom. The Kier molecular flexibility index (Phi) is 4.61. The van der Waals surface area contributed by atoms with Crippen LogP contribution in [-0.4, -0.2) is 30.5 Å². The fourth-order valence-electron chi connectivity index (χ4n) is 1.34. The normalized spacial score (nSPS) is 11.7. The zero-order chi connectivity index (χ0) is 13.7. The topological polar surface area (TPSA) is 107 Å². The molecule has 0 bridgehead atoms. The predicted molar refractivity (Wildman–Crippen MR) is 65.6 cm³/mol. The fraction of sp³-hybridized carbons (Fsp3) is 0.364. The van der Waals surface area contributed by atoms with E-state index in [2.05, 4.69) is 5.32 Å². The molecule has 1 rings (SSSR count). The van der Waals surface area contributed by atoms with Gasteiger partial charge in [-0.15, -0.1) is 0 Å². The molecular formula is C11H15N3O4. The summed E-state index contributed by atoms with van der Waals surface area (Å²) in [6.07, 6.45) is 0. The van der Waals surface area contributed by atoms with Crippen LogP contribution in [0, 0.1) is 10.1 Å². The lowest BCUT2D eigenvalue weighted by Gasteiger charge is -2.11. The van der Waals surface area contributed by atoms with Crippen LogP contribution in [-0.2, 0) is 0 Å². The number of nitro groups is 1. The highest BCUT2D eigenvalue weighted by Crippen LogP contribution is 2.27. The van der Waals surface area contributed by atoms with Crippen molar-refractivity contribution in [3.05, 3.63) is 33.9 Å². The van der Waals surface area contributed by atoms with Crippen LogP contribution in [0.15, 0.2) is 18.2 Å². The summed E-state index contributed by atoms with van der Waals surface area (Å²) in [6.45, 7) is 2.04. The lowest BCUT2D eigenvalue weighted by molar-refractivity contribution is -0.385. The van der Waals surface area contributed by atoms with E-state index in [0.717, 1.165) is 0 Å². The van der Waals surface area contributed by atoms with Gasteiger partial charge in [-0.1, -0.05) is 0 Å². The molecule has 7 heteroatoms. The summed E-state index contributed by atoms with van der Waals surface area (Å²) in [7, 11) is 1.33. The van der Waals surface area contributed by atoms with Gasteiger partial charge in [0.2, 0.25) is 0 Å². The van der Waals surface area contributed by atoms with E-state index in [0.29, 0.717) is 6.54 Å². The van der Waals surface area contributed by atoms with Crippen molar-refractivity contribution in [3.63, 3.8) is 0 Å². The van der Waals surface area contributed by atoms with Crippen molar-refractivity contribution in [2.24, 2.45) is 5.73 Å². The number of nitrogens with two attached hydrogens (primary N) is 1. The lowest BCUT2D eigenvalue weighted by Crippen LogP contribution is -2.37. The highest BCUT2D eigenvalue weighted by Gasteiger charge is 2.18. The molecule has 0 saturated carbocycles. The average Bonchev–Trinajstić information content (AvgIpc) is 2.37. The van der Waals surface area contributed by atoms with Crippen LogP contribution in [0.3, 0.4) is 0 Å². The first-order valence-corrected chi connectivity index (χ1v) is 5.33. The molecule has 1 amide bonds. The summed E-state index contributed by atoms with van der Waals surface area (Å²) >= 11 is 0. The van der Waals surface area contributed by atoms with Gasteiger partial charge < -0.3 is 15.8 Å². The van der Waals surface area contributed by atoms with Crippen molar-refractivity contribution >= 4 is 11.6 Å². The van der Waals surface area contributed by atoms with Crippen LogP contribution in [0.2, 0.25) is 0 Å². The number of carbonyl (C=O) groups is 1. The van der Waals surface area contributed by atoms with Crippen molar-refractivity contribution < 1.29 is 14.5 Å². The van der Waals surface area contributed by atoms with E-state index in [9.17, 15) is 14.9 Å². The number of carbonyl (C=O) groups excluding carboxylic acids is 1. The van der Waals surface area contributed by atoms with Crippen molar-refractivity contribution in [1.82, 2.24) is 5.32 Å². The number of nitrogens with one attached hydrogen (secondary N) is 1. The summed E-state index contributed by atoms with van der Waals surface area (Å²) in [4.78, 5) is 22.0. The summed E-state index contributed by atoms with van der Waals surface area (Å²) in [5, 5.41) is 13.4. The Balaban J connectivity index is 3.01. The minimum atomic E-state index is -0.595. The van der Waals surface area contributed by atoms with Crippen molar-refractivity contribution in [2.75, 3.05) is 13.7 Å². The van der Waals surface area contributed by atoms with Crippen molar-refractivity contribution in [3.8, 4) is 5.75 Å². The van der Waals surface area contributed by atoms with Crippen LogP contribution >= 0.6 is 0 Å². The lowest BCUT2D eigenvalue weighted by atomic mass is 10.1. The molecule has 1 atom stereocenters. The monoisotopic (exact) mass is 253 g/mol. The van der Waals surface area contributed by atoms with Gasteiger partial charge in [-0.25, -0.2) is 0 Å². The van der Waals surface area contributed by atoms with Gasteiger partial charge in [-0.3, -0.25) is 14.9 Å². The number of nitro benzene ring substituents is 1. The van der Waals surface area contributed by atoms with Gasteiger partial charge in [0.1, 0.15) is 0 Å². The number of nitrogens with zero attached hydrogens (tertiary/aromatic N) is 1. The van der Waals surface area contributed by atoms with E-state index in [-0.39, 0.29) is 23.0 Å². The van der Waals surface area contributed by atoms with Gasteiger partial charge >= 0.3 is 5.69 Å². The zero-order valence-corrected chi connectivity index (χ0v) is 10.2. The molecule has 7 nitrogen and oxygen atoms in total.